The molecule has 0 saturated heterocycles. The van der Waals surface area contributed by atoms with E-state index in [1.54, 1.807) is 12.5 Å². The van der Waals surface area contributed by atoms with E-state index in [0.717, 1.165) is 5.56 Å². The van der Waals surface area contributed by atoms with Gasteiger partial charge in [0.1, 0.15) is 12.3 Å². The number of nitrogens with one attached hydrogen (secondary N) is 4. The highest BCUT2D eigenvalue weighted by Gasteiger charge is 2.27. The molecule has 206 valence electrons. The average molecular weight is 520 g/mol. The molecular weight excluding hydrogens is 478 g/mol. The number of nitrogens with zero attached hydrogens (tertiary/aromatic N) is 1. The highest BCUT2D eigenvalue weighted by Crippen LogP contribution is 2.09. The molecule has 0 saturated carbocycles. The van der Waals surface area contributed by atoms with Gasteiger partial charge in [-0.05, 0) is 45.2 Å². The van der Waals surface area contributed by atoms with Crippen molar-refractivity contribution in [3.05, 3.63) is 35.9 Å². The standard InChI is InChI=1S/C26H41N5O6/c1-4-15-31(26(36)22(27-3)16-20-11-7-5-8-12-20)17-24(34)29-21(25(35)28-19(2)18-32)13-9-6-10-14-23(33)30-37/h5,7-8,11-12,18-19,21-22,27,37H,4,6,9-10,13-17H2,1-3H3,(H,28,35)(H,29,34)(H,30,33). The molecule has 0 heterocycles. The first-order chi connectivity index (χ1) is 17.7. The summed E-state index contributed by atoms with van der Waals surface area (Å²) < 4.78 is 0. The Labute approximate surface area is 218 Å². The van der Waals surface area contributed by atoms with Crippen LogP contribution in [0.2, 0.25) is 0 Å². The van der Waals surface area contributed by atoms with Crippen LogP contribution in [0, 0.1) is 0 Å². The van der Waals surface area contributed by atoms with Gasteiger partial charge in [0, 0.05) is 13.0 Å². The molecule has 4 amide bonds. The van der Waals surface area contributed by atoms with E-state index in [2.05, 4.69) is 16.0 Å². The third-order valence-electron chi connectivity index (χ3n) is 5.82. The van der Waals surface area contributed by atoms with Gasteiger partial charge in [0.2, 0.25) is 23.6 Å². The summed E-state index contributed by atoms with van der Waals surface area (Å²) in [7, 11) is 1.70. The van der Waals surface area contributed by atoms with Crippen LogP contribution in [0.1, 0.15) is 57.9 Å². The first-order valence-electron chi connectivity index (χ1n) is 12.7. The van der Waals surface area contributed by atoms with Crippen molar-refractivity contribution in [2.24, 2.45) is 0 Å². The summed E-state index contributed by atoms with van der Waals surface area (Å²) in [4.78, 5) is 62.5. The molecule has 0 aliphatic rings. The van der Waals surface area contributed by atoms with Crippen molar-refractivity contribution in [2.45, 2.75) is 76.9 Å². The van der Waals surface area contributed by atoms with Crippen molar-refractivity contribution < 1.29 is 29.2 Å². The third kappa shape index (κ3) is 12.5. The van der Waals surface area contributed by atoms with Crippen LogP contribution in [-0.2, 0) is 30.4 Å². The molecule has 37 heavy (non-hydrogen) atoms. The Morgan fingerprint density at radius 2 is 1.70 bits per heavy atom. The number of carbonyl (C=O) groups excluding carboxylic acids is 5. The smallest absolute Gasteiger partial charge is 0.243 e. The van der Waals surface area contributed by atoms with Crippen LogP contribution in [-0.4, -0.2) is 78.3 Å². The van der Waals surface area contributed by atoms with Crippen molar-refractivity contribution in [1.82, 2.24) is 26.3 Å². The highest BCUT2D eigenvalue weighted by atomic mass is 16.5. The number of unbranched alkanes of at least 4 members (excludes halogenated alkanes) is 2. The molecule has 0 spiro atoms. The number of benzene rings is 1. The fourth-order valence-corrected chi connectivity index (χ4v) is 3.83. The third-order valence-corrected chi connectivity index (χ3v) is 5.82. The first-order valence-corrected chi connectivity index (χ1v) is 12.7. The van der Waals surface area contributed by atoms with Gasteiger partial charge in [-0.3, -0.25) is 24.4 Å². The molecule has 3 atom stereocenters. The maximum atomic E-state index is 13.2. The van der Waals surface area contributed by atoms with Crippen LogP contribution in [0.4, 0.5) is 0 Å². The van der Waals surface area contributed by atoms with E-state index in [0.29, 0.717) is 51.4 Å². The highest BCUT2D eigenvalue weighted by molar-refractivity contribution is 5.92. The predicted molar refractivity (Wildman–Crippen MR) is 138 cm³/mol. The minimum Gasteiger partial charge on any atom is -0.345 e. The maximum Gasteiger partial charge on any atom is 0.243 e. The van der Waals surface area contributed by atoms with Crippen LogP contribution in [0.25, 0.3) is 0 Å². The summed E-state index contributed by atoms with van der Waals surface area (Å²) in [5, 5.41) is 16.9. The van der Waals surface area contributed by atoms with Crippen LogP contribution in [0.5, 0.6) is 0 Å². The minimum absolute atomic E-state index is 0.144. The Morgan fingerprint density at radius 3 is 2.30 bits per heavy atom. The quantitative estimate of drug-likeness (QED) is 0.0827. The summed E-state index contributed by atoms with van der Waals surface area (Å²) in [6, 6.07) is 7.47. The maximum absolute atomic E-state index is 13.2. The van der Waals surface area contributed by atoms with Gasteiger partial charge in [0.15, 0.2) is 0 Å². The average Bonchev–Trinajstić information content (AvgIpc) is 2.90. The molecule has 5 N–H and O–H groups in total. The van der Waals surface area contributed by atoms with Gasteiger partial charge in [-0.1, -0.05) is 50.1 Å². The fraction of sp³-hybridized carbons (Fsp3) is 0.577. The second kappa shape index (κ2) is 18.0. The van der Waals surface area contributed by atoms with Gasteiger partial charge in [0.25, 0.3) is 0 Å². The van der Waals surface area contributed by atoms with Gasteiger partial charge >= 0.3 is 0 Å². The predicted octanol–water partition coefficient (Wildman–Crippen LogP) is 0.700. The van der Waals surface area contributed by atoms with Crippen molar-refractivity contribution in [1.29, 1.82) is 0 Å². The molecule has 11 heteroatoms. The van der Waals surface area contributed by atoms with E-state index in [1.807, 2.05) is 37.3 Å². The molecule has 0 aromatic heterocycles. The molecular formula is C26H41N5O6. The van der Waals surface area contributed by atoms with Gasteiger partial charge in [-0.2, -0.15) is 0 Å². The molecule has 1 aromatic carbocycles. The lowest BCUT2D eigenvalue weighted by atomic mass is 10.0. The number of amides is 4. The van der Waals surface area contributed by atoms with E-state index in [4.69, 9.17) is 5.21 Å². The zero-order valence-electron chi connectivity index (χ0n) is 22.0. The second-order valence-corrected chi connectivity index (χ2v) is 8.98. The summed E-state index contributed by atoms with van der Waals surface area (Å²) >= 11 is 0. The molecule has 0 bridgehead atoms. The zero-order chi connectivity index (χ0) is 27.6. The normalized spacial score (nSPS) is 13.1. The molecule has 0 fully saturated rings. The number of hydroxylamine groups is 1. The van der Waals surface area contributed by atoms with Gasteiger partial charge in [-0.25, -0.2) is 5.48 Å². The Kier molecular flexibility index (Phi) is 15.4. The van der Waals surface area contributed by atoms with Crippen LogP contribution in [0.3, 0.4) is 0 Å². The largest absolute Gasteiger partial charge is 0.345 e. The van der Waals surface area contributed by atoms with Crippen molar-refractivity contribution >= 4 is 29.9 Å². The lowest BCUT2D eigenvalue weighted by Gasteiger charge is -2.28. The Balaban J connectivity index is 2.82. The number of aldehydes is 1. The summed E-state index contributed by atoms with van der Waals surface area (Å²) in [5.41, 5.74) is 2.56. The van der Waals surface area contributed by atoms with Gasteiger partial charge in [0.05, 0.1) is 18.6 Å². The van der Waals surface area contributed by atoms with Crippen LogP contribution >= 0.6 is 0 Å². The van der Waals surface area contributed by atoms with E-state index < -0.39 is 35.8 Å². The lowest BCUT2D eigenvalue weighted by Crippen LogP contribution is -2.54. The Bertz CT molecular complexity index is 866. The monoisotopic (exact) mass is 519 g/mol. The molecule has 1 rings (SSSR count). The Morgan fingerprint density at radius 1 is 1.00 bits per heavy atom. The van der Waals surface area contributed by atoms with Crippen LogP contribution < -0.4 is 21.4 Å². The zero-order valence-corrected chi connectivity index (χ0v) is 22.0. The number of likely N-dealkylation sites (N-methyl/N-ethyl adjacent to an activating group) is 1. The number of hydrogen-bond donors (Lipinski definition) is 5. The fourth-order valence-electron chi connectivity index (χ4n) is 3.83. The van der Waals surface area contributed by atoms with Crippen molar-refractivity contribution in [3.8, 4) is 0 Å². The summed E-state index contributed by atoms with van der Waals surface area (Å²) in [5.74, 6) is -1.67. The van der Waals surface area contributed by atoms with Gasteiger partial charge in [-0.15, -0.1) is 0 Å². The van der Waals surface area contributed by atoms with Crippen LogP contribution in [0.15, 0.2) is 30.3 Å². The molecule has 11 nitrogen and oxygen atoms in total. The van der Waals surface area contributed by atoms with E-state index in [9.17, 15) is 24.0 Å². The molecule has 0 radical (unpaired) electrons. The van der Waals surface area contributed by atoms with E-state index in [-0.39, 0.29) is 18.9 Å². The van der Waals surface area contributed by atoms with E-state index >= 15 is 0 Å². The molecule has 0 aliphatic carbocycles. The summed E-state index contributed by atoms with van der Waals surface area (Å²) in [6.45, 7) is 3.62. The van der Waals surface area contributed by atoms with Crippen molar-refractivity contribution in [2.75, 3.05) is 20.1 Å². The SMILES string of the molecule is CCCN(CC(=O)NC(CCCCCC(=O)NO)C(=O)NC(C)C=O)C(=O)C(Cc1ccccc1)NC. The lowest BCUT2D eigenvalue weighted by molar-refractivity contribution is -0.138. The second-order valence-electron chi connectivity index (χ2n) is 8.98. The Hall–Kier alpha value is -3.31. The minimum atomic E-state index is -0.899. The van der Waals surface area contributed by atoms with E-state index in [1.165, 1.54) is 11.8 Å². The molecule has 1 aromatic rings. The molecule has 3 unspecified atom stereocenters. The summed E-state index contributed by atoms with van der Waals surface area (Å²) in [6.07, 6.45) is 3.79. The number of hydrogen-bond acceptors (Lipinski definition) is 7. The number of carbonyl (C=O) groups is 5. The van der Waals surface area contributed by atoms with Gasteiger partial charge < -0.3 is 25.6 Å². The molecule has 0 aliphatic heterocycles. The first kappa shape index (κ1) is 31.7. The number of rotatable bonds is 18. The topological polar surface area (TPSA) is 157 Å². The van der Waals surface area contributed by atoms with Crippen molar-refractivity contribution in [3.63, 3.8) is 0 Å².